The summed E-state index contributed by atoms with van der Waals surface area (Å²) in [5.74, 6) is 13.1. The highest BCUT2D eigenvalue weighted by Crippen LogP contribution is 2.74. The number of carbonyl (C=O) groups is 1. The number of ketones is 1. The van der Waals surface area contributed by atoms with Crippen molar-refractivity contribution in [1.82, 2.24) is 0 Å². The molecule has 0 aromatic carbocycles. The lowest BCUT2D eigenvalue weighted by molar-refractivity contribution is -0.161. The second-order valence-electron chi connectivity index (χ2n) is 32.8. The van der Waals surface area contributed by atoms with Gasteiger partial charge in [0.1, 0.15) is 19.4 Å². The van der Waals surface area contributed by atoms with E-state index < -0.39 is 0 Å². The lowest BCUT2D eigenvalue weighted by Crippen LogP contribution is -2.55. The van der Waals surface area contributed by atoms with E-state index in [1.165, 1.54) is 223 Å². The molecule has 15 saturated carbocycles. The Morgan fingerprint density at radius 1 is 0.451 bits per heavy atom. The van der Waals surface area contributed by atoms with Crippen LogP contribution >= 0.6 is 0 Å². The third kappa shape index (κ3) is 9.62. The van der Waals surface area contributed by atoms with Gasteiger partial charge in [-0.05, 0) is 340 Å². The normalized spacial score (nSPS) is 52.1. The zero-order valence-corrected chi connectivity index (χ0v) is 52.3. The van der Waals surface area contributed by atoms with Gasteiger partial charge in [0.05, 0.1) is 30.5 Å². The fraction of sp³-hybridized carbons (Fsp3) is 0.905. The van der Waals surface area contributed by atoms with E-state index in [0.29, 0.717) is 70.0 Å². The molecule has 15 aliphatic rings. The Labute approximate surface area is 497 Å². The summed E-state index contributed by atoms with van der Waals surface area (Å²) < 4.78 is 22.2. The van der Waals surface area contributed by atoms with Crippen molar-refractivity contribution in [3.8, 4) is 12.1 Å². The van der Waals surface area contributed by atoms with Gasteiger partial charge >= 0.3 is 0 Å². The summed E-state index contributed by atoms with van der Waals surface area (Å²) in [4.78, 5) is 12.7. The number of hydrogen-bond acceptors (Lipinski definition) is 8. The predicted octanol–water partition coefficient (Wildman–Crippen LogP) is 17.2. The summed E-state index contributed by atoms with van der Waals surface area (Å²) in [5, 5.41) is 28.8. The number of allylic oxidation sites excluding steroid dienone is 4. The average molecular weight is 1130 g/mol. The first kappa shape index (κ1) is 58.9. The quantitative estimate of drug-likeness (QED) is 0.206. The largest absolute Gasteiger partial charge is 0.393 e. The lowest BCUT2D eigenvalue weighted by Gasteiger charge is -2.62. The highest BCUT2D eigenvalue weighted by Gasteiger charge is 2.66. The first-order valence-corrected chi connectivity index (χ1v) is 35.4. The second-order valence-corrected chi connectivity index (χ2v) is 32.8. The number of nitrogens with zero attached hydrogens (tertiary/aromatic N) is 2. The summed E-state index contributed by atoms with van der Waals surface area (Å²) in [6, 6.07) is 4.74. The minimum absolute atomic E-state index is 0.0348. The van der Waals surface area contributed by atoms with Crippen molar-refractivity contribution in [2.75, 3.05) is 27.8 Å². The molecule has 0 saturated heterocycles. The van der Waals surface area contributed by atoms with Crippen LogP contribution in [0.3, 0.4) is 0 Å². The van der Waals surface area contributed by atoms with Crippen LogP contribution in [-0.2, 0) is 23.7 Å². The number of fused-ring (bicyclic) bond motifs is 12. The van der Waals surface area contributed by atoms with Gasteiger partial charge in [-0.25, -0.2) is 0 Å². The Kier molecular flexibility index (Phi) is 16.9. The van der Waals surface area contributed by atoms with Crippen LogP contribution in [0.1, 0.15) is 252 Å². The number of methoxy groups -OCH3 is 2. The molecule has 24 atom stereocenters. The van der Waals surface area contributed by atoms with E-state index in [0.717, 1.165) is 102 Å². The summed E-state index contributed by atoms with van der Waals surface area (Å²) in [6.07, 6.45) is 51.7. The molecule has 0 heterocycles. The summed E-state index contributed by atoms with van der Waals surface area (Å²) >= 11 is 0. The fourth-order valence-corrected chi connectivity index (χ4v) is 27.6. The zero-order chi connectivity index (χ0) is 56.7. The van der Waals surface area contributed by atoms with Gasteiger partial charge in [0, 0.05) is 38.7 Å². The SMILES string of the molecule is COCO[C@@H]1CC[C@]2(C)C3CC[C@]45CCC/C(=C\C#N)[C@H]4CCC5C3CC[C@H]2C1.COCO[C@@H]1CC[C@]2(C)C3CC[C@]45CCCC(=O)[C@H]4CCC5C3CC[C@H]2C1.C[C@]12CC[C@@H](O)C[C@@H]1CCC1C3CC[C@@H]4/C(=C/C#N)CCC[C@]34CCC12. The van der Waals surface area contributed by atoms with Crippen LogP contribution in [0.25, 0.3) is 0 Å². The van der Waals surface area contributed by atoms with E-state index in [2.05, 4.69) is 32.9 Å². The maximum atomic E-state index is 12.7. The molecule has 0 aromatic rings. The number of carbonyl (C=O) groups excluding carboxylic acids is 1. The number of ether oxygens (including phenoxy) is 4. The molecule has 0 bridgehead atoms. The van der Waals surface area contributed by atoms with Crippen molar-refractivity contribution in [2.45, 2.75) is 270 Å². The molecular weight excluding hydrogens is 1010 g/mol. The lowest BCUT2D eigenvalue weighted by atomic mass is 9.43. The van der Waals surface area contributed by atoms with Gasteiger partial charge in [-0.2, -0.15) is 10.5 Å². The van der Waals surface area contributed by atoms with Gasteiger partial charge < -0.3 is 24.1 Å². The molecule has 8 nitrogen and oxygen atoms in total. The maximum Gasteiger partial charge on any atom is 0.146 e. The number of Topliss-reactive ketones (excluding diaryl/α,β-unsaturated/α-hetero) is 1. The topological polar surface area (TPSA) is 122 Å². The molecule has 454 valence electrons. The van der Waals surface area contributed by atoms with E-state index in [-0.39, 0.29) is 6.10 Å². The smallest absolute Gasteiger partial charge is 0.146 e. The van der Waals surface area contributed by atoms with Gasteiger partial charge in [0.15, 0.2) is 0 Å². The van der Waals surface area contributed by atoms with Crippen molar-refractivity contribution >= 4 is 5.78 Å². The number of hydrogen-bond donors (Lipinski definition) is 1. The van der Waals surface area contributed by atoms with Gasteiger partial charge in [-0.1, -0.05) is 31.9 Å². The van der Waals surface area contributed by atoms with Crippen LogP contribution in [0.4, 0.5) is 0 Å². The molecule has 15 aliphatic carbocycles. The van der Waals surface area contributed by atoms with Gasteiger partial charge in [0.25, 0.3) is 0 Å². The Balaban J connectivity index is 0.000000116. The monoisotopic (exact) mass is 1120 g/mol. The van der Waals surface area contributed by atoms with Crippen LogP contribution in [0.2, 0.25) is 0 Å². The van der Waals surface area contributed by atoms with E-state index in [4.69, 9.17) is 18.9 Å². The minimum Gasteiger partial charge on any atom is -0.393 e. The van der Waals surface area contributed by atoms with Crippen molar-refractivity contribution < 1.29 is 28.8 Å². The Hall–Kier alpha value is -2.07. The van der Waals surface area contributed by atoms with Crippen molar-refractivity contribution in [2.24, 2.45) is 121 Å². The summed E-state index contributed by atoms with van der Waals surface area (Å²) in [7, 11) is 3.45. The fourth-order valence-electron chi connectivity index (χ4n) is 27.6. The molecular formula is C74H112N2O6. The van der Waals surface area contributed by atoms with E-state index in [9.17, 15) is 20.4 Å². The molecule has 8 heteroatoms. The number of aliphatic hydroxyl groups excluding tert-OH is 1. The van der Waals surface area contributed by atoms with E-state index in [1.54, 1.807) is 14.2 Å². The molecule has 9 unspecified atom stereocenters. The highest BCUT2D eigenvalue weighted by atomic mass is 16.7. The molecule has 82 heavy (non-hydrogen) atoms. The van der Waals surface area contributed by atoms with Crippen LogP contribution in [-0.4, -0.2) is 57.0 Å². The first-order valence-electron chi connectivity index (χ1n) is 35.4. The van der Waals surface area contributed by atoms with Crippen molar-refractivity contribution in [3.63, 3.8) is 0 Å². The third-order valence-electron chi connectivity index (χ3n) is 30.9. The molecule has 15 rings (SSSR count). The van der Waals surface area contributed by atoms with E-state index in [1.807, 2.05) is 12.2 Å². The number of aliphatic hydroxyl groups is 1. The van der Waals surface area contributed by atoms with Gasteiger partial charge in [-0.15, -0.1) is 0 Å². The molecule has 1 N–H and O–H groups in total. The summed E-state index contributed by atoms with van der Waals surface area (Å²) in [5.41, 5.74) is 6.03. The predicted molar refractivity (Wildman–Crippen MR) is 322 cm³/mol. The zero-order valence-electron chi connectivity index (χ0n) is 52.3. The Morgan fingerprint density at radius 2 is 0.841 bits per heavy atom. The van der Waals surface area contributed by atoms with Crippen LogP contribution < -0.4 is 0 Å². The highest BCUT2D eigenvalue weighted by molar-refractivity contribution is 5.83. The summed E-state index contributed by atoms with van der Waals surface area (Å²) in [6.45, 7) is 8.75. The molecule has 3 spiro atoms. The Morgan fingerprint density at radius 3 is 1.27 bits per heavy atom. The number of rotatable bonds is 6. The van der Waals surface area contributed by atoms with Crippen LogP contribution in [0, 0.1) is 144 Å². The maximum absolute atomic E-state index is 12.7. The standard InChI is InChI=1S/C26H39NO2.C24H35NO.C24H38O3/c1-25-13-9-20(29-17-28-2)16-19(25)5-6-21-23(25)10-14-26-12-3-4-18(11-15-27)22(26)7-8-24(21)26;1-23-12-8-18(26)15-17(23)4-5-19-21(23)9-13-24-11-2-3-16(10-14-25)20(24)6-7-22(19)24;1-23-12-9-17(27-15-26-2)14-16(23)5-6-18-19(23)10-13-24-11-3-4-22(25)21(24)8-7-20(18)24/h11,19-24H,3-10,12-14,16-17H2,1-2H3;10,17-22,26H,2-9,11-13,15H2,1H3;16-21H,3-15H2,1-2H3/b18-11+;16-10+;/t19-,20+,21?,22+,23?,24?,25-,26+;17-,18+,19?,20+,21?,22?,23-,24+;16-,17+,18?,19?,20?,21+,23-,24-/m000/s1. The van der Waals surface area contributed by atoms with Crippen molar-refractivity contribution in [3.05, 3.63) is 23.3 Å². The van der Waals surface area contributed by atoms with Gasteiger partial charge in [-0.3, -0.25) is 4.79 Å². The minimum atomic E-state index is -0.0348. The molecule has 0 amide bonds. The molecule has 0 aromatic heterocycles. The Bertz CT molecular complexity index is 2460. The average Bonchev–Trinajstić information content (AvgIpc) is 2.26. The first-order chi connectivity index (χ1) is 39.8. The van der Waals surface area contributed by atoms with Crippen molar-refractivity contribution in [1.29, 1.82) is 10.5 Å². The van der Waals surface area contributed by atoms with Crippen LogP contribution in [0.15, 0.2) is 23.3 Å². The van der Waals surface area contributed by atoms with E-state index >= 15 is 0 Å². The molecule has 0 radical (unpaired) electrons. The number of nitriles is 2. The molecule has 15 fully saturated rings. The third-order valence-corrected chi connectivity index (χ3v) is 30.9. The second kappa shape index (κ2) is 23.5. The molecule has 0 aliphatic heterocycles. The van der Waals surface area contributed by atoms with Crippen LogP contribution in [0.5, 0.6) is 0 Å². The van der Waals surface area contributed by atoms with Gasteiger partial charge in [0.2, 0.25) is 0 Å².